The minimum atomic E-state index is -0.591. The Morgan fingerprint density at radius 1 is 1.32 bits per heavy atom. The number of aromatic amines is 1. The monoisotopic (exact) mass is 343 g/mol. The first kappa shape index (κ1) is 17.5. The number of amides is 2. The highest BCUT2D eigenvalue weighted by atomic mass is 16.3. The van der Waals surface area contributed by atoms with Gasteiger partial charge in [0.1, 0.15) is 6.04 Å². The van der Waals surface area contributed by atoms with Crippen LogP contribution in [-0.2, 0) is 16.0 Å². The van der Waals surface area contributed by atoms with Crippen molar-refractivity contribution in [3.63, 3.8) is 0 Å². The SMILES string of the molecule is CC(=O)NC(Cc1c[nH]c2ccccc12)C(=O)N1CCCC(O)CC1. The second-order valence-electron chi connectivity index (χ2n) is 6.73. The Morgan fingerprint density at radius 2 is 2.12 bits per heavy atom. The molecule has 2 amide bonds. The van der Waals surface area contributed by atoms with E-state index in [1.165, 1.54) is 6.92 Å². The zero-order valence-corrected chi connectivity index (χ0v) is 14.5. The number of fused-ring (bicyclic) bond motifs is 1. The first-order chi connectivity index (χ1) is 12.0. The van der Waals surface area contributed by atoms with Gasteiger partial charge in [-0.1, -0.05) is 18.2 Å². The van der Waals surface area contributed by atoms with Gasteiger partial charge in [0.25, 0.3) is 0 Å². The lowest BCUT2D eigenvalue weighted by atomic mass is 10.0. The van der Waals surface area contributed by atoms with Gasteiger partial charge in [0, 0.05) is 43.5 Å². The predicted molar refractivity (Wildman–Crippen MR) is 96.0 cm³/mol. The highest BCUT2D eigenvalue weighted by molar-refractivity contribution is 5.89. The summed E-state index contributed by atoms with van der Waals surface area (Å²) in [5.74, 6) is -0.289. The lowest BCUT2D eigenvalue weighted by Gasteiger charge is -2.26. The summed E-state index contributed by atoms with van der Waals surface area (Å²) >= 11 is 0. The normalized spacial score (nSPS) is 19.4. The van der Waals surface area contributed by atoms with Crippen LogP contribution in [0.5, 0.6) is 0 Å². The molecule has 2 heterocycles. The number of likely N-dealkylation sites (tertiary alicyclic amines) is 1. The average molecular weight is 343 g/mol. The number of H-pyrrole nitrogens is 1. The first-order valence-electron chi connectivity index (χ1n) is 8.83. The van der Waals surface area contributed by atoms with E-state index in [0.29, 0.717) is 25.9 Å². The number of hydrogen-bond donors (Lipinski definition) is 3. The molecule has 0 bridgehead atoms. The van der Waals surface area contributed by atoms with Gasteiger partial charge in [0.15, 0.2) is 0 Å². The van der Waals surface area contributed by atoms with E-state index in [1.807, 2.05) is 30.5 Å². The number of nitrogens with one attached hydrogen (secondary N) is 2. The maximum absolute atomic E-state index is 13.0. The fraction of sp³-hybridized carbons (Fsp3) is 0.474. The van der Waals surface area contributed by atoms with Crippen molar-refractivity contribution >= 4 is 22.7 Å². The molecule has 1 aliphatic heterocycles. The number of aliphatic hydroxyl groups excluding tert-OH is 1. The fourth-order valence-electron chi connectivity index (χ4n) is 3.49. The van der Waals surface area contributed by atoms with Gasteiger partial charge in [0.2, 0.25) is 11.8 Å². The third kappa shape index (κ3) is 4.20. The molecule has 6 nitrogen and oxygen atoms in total. The lowest BCUT2D eigenvalue weighted by molar-refractivity contribution is -0.136. The molecular weight excluding hydrogens is 318 g/mol. The third-order valence-electron chi connectivity index (χ3n) is 4.78. The lowest BCUT2D eigenvalue weighted by Crippen LogP contribution is -2.49. The zero-order valence-electron chi connectivity index (χ0n) is 14.5. The maximum atomic E-state index is 13.0. The Hall–Kier alpha value is -2.34. The fourth-order valence-corrected chi connectivity index (χ4v) is 3.49. The van der Waals surface area contributed by atoms with E-state index >= 15 is 0 Å². The predicted octanol–water partition coefficient (Wildman–Crippen LogP) is 1.59. The molecule has 2 atom stereocenters. The Labute approximate surface area is 147 Å². The highest BCUT2D eigenvalue weighted by Crippen LogP contribution is 2.20. The summed E-state index contributed by atoms with van der Waals surface area (Å²) in [5, 5.41) is 13.7. The molecule has 0 aliphatic carbocycles. The Balaban J connectivity index is 1.79. The average Bonchev–Trinajstić information content (AvgIpc) is 2.86. The van der Waals surface area contributed by atoms with Crippen LogP contribution in [0.1, 0.15) is 31.7 Å². The van der Waals surface area contributed by atoms with Crippen LogP contribution in [0.25, 0.3) is 10.9 Å². The van der Waals surface area contributed by atoms with Crippen molar-refractivity contribution < 1.29 is 14.7 Å². The second kappa shape index (κ2) is 7.70. The summed E-state index contributed by atoms with van der Waals surface area (Å²) < 4.78 is 0. The van der Waals surface area contributed by atoms with Crippen LogP contribution in [0.2, 0.25) is 0 Å². The van der Waals surface area contributed by atoms with Crippen LogP contribution >= 0.6 is 0 Å². The van der Waals surface area contributed by atoms with Gasteiger partial charge in [-0.15, -0.1) is 0 Å². The van der Waals surface area contributed by atoms with E-state index in [-0.39, 0.29) is 17.9 Å². The second-order valence-corrected chi connectivity index (χ2v) is 6.73. The Bertz CT molecular complexity index is 755. The summed E-state index contributed by atoms with van der Waals surface area (Å²) in [6.07, 6.45) is 4.10. The number of benzene rings is 1. The molecule has 6 heteroatoms. The minimum absolute atomic E-state index is 0.0745. The summed E-state index contributed by atoms with van der Waals surface area (Å²) in [6, 6.07) is 7.34. The van der Waals surface area contributed by atoms with Crippen LogP contribution in [0.3, 0.4) is 0 Å². The van der Waals surface area contributed by atoms with E-state index in [0.717, 1.165) is 29.3 Å². The summed E-state index contributed by atoms with van der Waals surface area (Å²) in [6.45, 7) is 2.59. The van der Waals surface area contributed by atoms with Gasteiger partial charge < -0.3 is 20.3 Å². The molecule has 1 fully saturated rings. The van der Waals surface area contributed by atoms with Crippen LogP contribution < -0.4 is 5.32 Å². The number of hydrogen-bond acceptors (Lipinski definition) is 3. The van der Waals surface area contributed by atoms with Crippen molar-refractivity contribution in [2.45, 2.75) is 44.8 Å². The van der Waals surface area contributed by atoms with Gasteiger partial charge in [-0.2, -0.15) is 0 Å². The summed E-state index contributed by atoms with van der Waals surface area (Å²) in [7, 11) is 0. The molecule has 0 saturated carbocycles. The summed E-state index contributed by atoms with van der Waals surface area (Å²) in [4.78, 5) is 29.6. The van der Waals surface area contributed by atoms with Gasteiger partial charge in [-0.3, -0.25) is 9.59 Å². The largest absolute Gasteiger partial charge is 0.393 e. The highest BCUT2D eigenvalue weighted by Gasteiger charge is 2.27. The molecule has 1 aliphatic rings. The molecule has 134 valence electrons. The van der Waals surface area contributed by atoms with Crippen molar-refractivity contribution in [1.29, 1.82) is 0 Å². The number of para-hydroxylation sites is 1. The van der Waals surface area contributed by atoms with Crippen molar-refractivity contribution in [2.75, 3.05) is 13.1 Å². The number of carbonyl (C=O) groups is 2. The van der Waals surface area contributed by atoms with Crippen molar-refractivity contribution in [1.82, 2.24) is 15.2 Å². The topological polar surface area (TPSA) is 85.4 Å². The quantitative estimate of drug-likeness (QED) is 0.788. The van der Waals surface area contributed by atoms with E-state index in [9.17, 15) is 14.7 Å². The van der Waals surface area contributed by atoms with E-state index in [2.05, 4.69) is 10.3 Å². The van der Waals surface area contributed by atoms with E-state index in [1.54, 1.807) is 4.90 Å². The molecule has 2 aromatic rings. The smallest absolute Gasteiger partial charge is 0.245 e. The Morgan fingerprint density at radius 3 is 2.92 bits per heavy atom. The van der Waals surface area contributed by atoms with Crippen molar-refractivity contribution in [3.8, 4) is 0 Å². The van der Waals surface area contributed by atoms with Crippen LogP contribution in [0.4, 0.5) is 0 Å². The molecule has 0 spiro atoms. The molecule has 1 aromatic heterocycles. The minimum Gasteiger partial charge on any atom is -0.393 e. The number of carbonyl (C=O) groups excluding carboxylic acids is 2. The van der Waals surface area contributed by atoms with E-state index < -0.39 is 6.04 Å². The summed E-state index contributed by atoms with van der Waals surface area (Å²) in [5.41, 5.74) is 2.03. The van der Waals surface area contributed by atoms with E-state index in [4.69, 9.17) is 0 Å². The zero-order chi connectivity index (χ0) is 17.8. The van der Waals surface area contributed by atoms with Crippen LogP contribution in [0, 0.1) is 0 Å². The molecular formula is C19H25N3O3. The molecule has 2 unspecified atom stereocenters. The van der Waals surface area contributed by atoms with Crippen molar-refractivity contribution in [2.24, 2.45) is 0 Å². The van der Waals surface area contributed by atoms with Crippen LogP contribution in [0.15, 0.2) is 30.5 Å². The van der Waals surface area contributed by atoms with Gasteiger partial charge in [0.05, 0.1) is 6.10 Å². The van der Waals surface area contributed by atoms with Gasteiger partial charge in [-0.25, -0.2) is 0 Å². The van der Waals surface area contributed by atoms with Crippen LogP contribution in [-0.4, -0.2) is 52.0 Å². The molecule has 25 heavy (non-hydrogen) atoms. The molecule has 3 N–H and O–H groups in total. The standard InChI is InChI=1S/C19H25N3O3/c1-13(23)21-18(19(25)22-9-4-5-15(24)8-10-22)11-14-12-20-17-7-3-2-6-16(14)17/h2-3,6-7,12,15,18,20,24H,4-5,8-11H2,1H3,(H,21,23). The van der Waals surface area contributed by atoms with Gasteiger partial charge in [-0.05, 0) is 30.9 Å². The Kier molecular flexibility index (Phi) is 5.38. The molecule has 1 saturated heterocycles. The molecule has 1 aromatic carbocycles. The number of aliphatic hydroxyl groups is 1. The first-order valence-corrected chi connectivity index (χ1v) is 8.83. The maximum Gasteiger partial charge on any atom is 0.245 e. The third-order valence-corrected chi connectivity index (χ3v) is 4.78. The number of rotatable bonds is 4. The number of aromatic nitrogens is 1. The molecule has 0 radical (unpaired) electrons. The molecule has 3 rings (SSSR count). The van der Waals surface area contributed by atoms with Crippen molar-refractivity contribution in [3.05, 3.63) is 36.0 Å². The number of nitrogens with zero attached hydrogens (tertiary/aromatic N) is 1. The van der Waals surface area contributed by atoms with Gasteiger partial charge >= 0.3 is 0 Å².